The Labute approximate surface area is 47.8 Å². The molecule has 0 rings (SSSR count). The van der Waals surface area contributed by atoms with Crippen LogP contribution in [0, 0.1) is 0 Å². The lowest BCUT2D eigenvalue weighted by molar-refractivity contribution is -0.0441. The van der Waals surface area contributed by atoms with Gasteiger partial charge in [-0.25, -0.2) is 5.31 Å². The number of hydrogen-bond donors (Lipinski definition) is 1. The molecule has 3 heteroatoms. The highest BCUT2D eigenvalue weighted by Crippen LogP contribution is 1.69. The molecule has 0 aromatic carbocycles. The zero-order valence-electron chi connectivity index (χ0n) is 4.51. The van der Waals surface area contributed by atoms with Crippen LogP contribution in [-0.4, -0.2) is 11.9 Å². The summed E-state index contributed by atoms with van der Waals surface area (Å²) in [6, 6.07) is 0. The Morgan fingerprint density at radius 3 is 2.12 bits per heavy atom. The van der Waals surface area contributed by atoms with Gasteiger partial charge in [-0.05, 0) is 0 Å². The predicted molar refractivity (Wildman–Crippen MR) is 29.7 cm³/mol. The Morgan fingerprint density at radius 2 is 2.00 bits per heavy atom. The van der Waals surface area contributed by atoms with Gasteiger partial charge in [-0.2, -0.15) is 0 Å². The average molecular weight is 120 g/mol. The van der Waals surface area contributed by atoms with Gasteiger partial charge in [0.25, 0.3) is 0 Å². The number of halogens is 1. The molecule has 2 nitrogen and oxygen atoms in total. The highest BCUT2D eigenvalue weighted by Gasteiger charge is 1.61. The minimum atomic E-state index is 0.559. The van der Waals surface area contributed by atoms with Crippen molar-refractivity contribution >= 4 is 0 Å². The zero-order chi connectivity index (χ0) is 6.83. The van der Waals surface area contributed by atoms with Crippen molar-refractivity contribution in [3.8, 4) is 0 Å². The molecule has 0 amide bonds. The number of ether oxygens (including phenoxy) is 1. The first-order valence-corrected chi connectivity index (χ1v) is 1.92. The van der Waals surface area contributed by atoms with Gasteiger partial charge in [0, 0.05) is 0 Å². The van der Waals surface area contributed by atoms with Gasteiger partial charge in [0.2, 0.25) is 0 Å². The molecule has 0 bridgehead atoms. The Balaban J connectivity index is 0. The van der Waals surface area contributed by atoms with Crippen molar-refractivity contribution in [3.05, 3.63) is 25.5 Å². The van der Waals surface area contributed by atoms with Gasteiger partial charge in [0.15, 0.2) is 0 Å². The van der Waals surface area contributed by atoms with E-state index in [0.29, 0.717) is 6.61 Å². The normalized spacial score (nSPS) is 5.75. The fourth-order valence-corrected chi connectivity index (χ4v) is 0.136. The quantitative estimate of drug-likeness (QED) is 0.344. The molecular formula is C5H9FO2. The molecule has 8 heavy (non-hydrogen) atoms. The summed E-state index contributed by atoms with van der Waals surface area (Å²) in [6.07, 6.45) is 3.06. The van der Waals surface area contributed by atoms with Gasteiger partial charge in [0.05, 0.1) is 6.26 Å². The van der Waals surface area contributed by atoms with Gasteiger partial charge >= 0.3 is 0 Å². The largest absolute Gasteiger partial charge is 0.498 e. The van der Waals surface area contributed by atoms with Crippen molar-refractivity contribution in [1.82, 2.24) is 0 Å². The summed E-state index contributed by atoms with van der Waals surface area (Å²) >= 11 is 0. The van der Waals surface area contributed by atoms with E-state index in [1.54, 1.807) is 6.08 Å². The molecule has 1 N–H and O–H groups in total. The molecule has 0 aromatic rings. The highest BCUT2D eigenvalue weighted by atomic mass is 19.3. The van der Waals surface area contributed by atoms with E-state index in [2.05, 4.69) is 17.9 Å². The third-order valence-corrected chi connectivity index (χ3v) is 0.332. The van der Waals surface area contributed by atoms with Crippen LogP contribution in [0.4, 0.5) is 4.53 Å². The molecule has 0 atom stereocenters. The molecule has 0 saturated carbocycles. The summed E-state index contributed by atoms with van der Waals surface area (Å²) in [4.78, 5) is 0. The lowest BCUT2D eigenvalue weighted by Crippen LogP contribution is -1.75. The Hall–Kier alpha value is -0.830. The van der Waals surface area contributed by atoms with Crippen molar-refractivity contribution in [2.45, 2.75) is 0 Å². The molecule has 0 saturated heterocycles. The Bertz CT molecular complexity index is 46.4. The molecule has 0 radical (unpaired) electrons. The van der Waals surface area contributed by atoms with Crippen molar-refractivity contribution < 1.29 is 14.6 Å². The van der Waals surface area contributed by atoms with Crippen LogP contribution in [0.2, 0.25) is 0 Å². The second-order valence-corrected chi connectivity index (χ2v) is 0.789. The minimum Gasteiger partial charge on any atom is -0.498 e. The maximum Gasteiger partial charge on any atom is 0.105 e. The van der Waals surface area contributed by atoms with Crippen LogP contribution in [-0.2, 0) is 4.74 Å². The molecule has 0 aliphatic carbocycles. The maximum absolute atomic E-state index is 8.50. The molecule has 48 valence electrons. The average Bonchev–Trinajstić information content (AvgIpc) is 1.88. The van der Waals surface area contributed by atoms with Crippen LogP contribution in [0.25, 0.3) is 0 Å². The molecule has 0 aliphatic heterocycles. The van der Waals surface area contributed by atoms with E-state index < -0.39 is 0 Å². The molecular weight excluding hydrogens is 111 g/mol. The summed E-state index contributed by atoms with van der Waals surface area (Å²) in [5.41, 5.74) is 0. The SMILES string of the molecule is C=CCOC=C.OF. The minimum absolute atomic E-state index is 0.559. The van der Waals surface area contributed by atoms with E-state index >= 15 is 0 Å². The third-order valence-electron chi connectivity index (χ3n) is 0.332. The summed E-state index contributed by atoms with van der Waals surface area (Å²) < 4.78 is 13.1. The molecule has 0 fully saturated rings. The van der Waals surface area contributed by atoms with Crippen LogP contribution in [0.3, 0.4) is 0 Å². The first-order chi connectivity index (χ1) is 3.91. The molecule has 0 aromatic heterocycles. The second-order valence-electron chi connectivity index (χ2n) is 0.789. The third kappa shape index (κ3) is 19.1. The van der Waals surface area contributed by atoms with Crippen LogP contribution >= 0.6 is 0 Å². The fraction of sp³-hybridized carbons (Fsp3) is 0.200. The second kappa shape index (κ2) is 16.4. The van der Waals surface area contributed by atoms with Crippen LogP contribution in [0.15, 0.2) is 25.5 Å². The fourth-order valence-electron chi connectivity index (χ4n) is 0.136. The summed E-state index contributed by atoms with van der Waals surface area (Å²) in [7, 11) is 0. The van der Waals surface area contributed by atoms with Gasteiger partial charge in [0.1, 0.15) is 6.61 Å². The Kier molecular flexibility index (Phi) is 20.9. The topological polar surface area (TPSA) is 29.5 Å². The summed E-state index contributed by atoms with van der Waals surface area (Å²) in [5, 5.41) is 5.50. The van der Waals surface area contributed by atoms with E-state index in [1.807, 2.05) is 0 Å². The number of hydrogen-bond acceptors (Lipinski definition) is 2. The summed E-state index contributed by atoms with van der Waals surface area (Å²) in [5.74, 6) is 0. The standard InChI is InChI=1S/C5H8O.FHO/c1-3-5-6-4-2;1-2/h3-4H,1-2,5H2;2H. The molecule has 0 aliphatic rings. The maximum atomic E-state index is 8.50. The first kappa shape index (κ1) is 10.2. The van der Waals surface area contributed by atoms with Gasteiger partial charge in [-0.15, -0.1) is 0 Å². The summed E-state index contributed by atoms with van der Waals surface area (Å²) in [6.45, 7) is 7.31. The van der Waals surface area contributed by atoms with Crippen LogP contribution < -0.4 is 0 Å². The smallest absolute Gasteiger partial charge is 0.105 e. The van der Waals surface area contributed by atoms with Crippen LogP contribution in [0.1, 0.15) is 0 Å². The van der Waals surface area contributed by atoms with Crippen molar-refractivity contribution in [3.63, 3.8) is 0 Å². The first-order valence-electron chi connectivity index (χ1n) is 1.92. The van der Waals surface area contributed by atoms with E-state index in [-0.39, 0.29) is 0 Å². The van der Waals surface area contributed by atoms with Crippen molar-refractivity contribution in [2.24, 2.45) is 0 Å². The van der Waals surface area contributed by atoms with Gasteiger partial charge in [-0.1, -0.05) is 23.8 Å². The monoisotopic (exact) mass is 120 g/mol. The molecule has 0 unspecified atom stereocenters. The number of rotatable bonds is 3. The molecule has 0 heterocycles. The van der Waals surface area contributed by atoms with E-state index in [4.69, 9.17) is 9.84 Å². The lowest BCUT2D eigenvalue weighted by atomic mass is 10.7. The van der Waals surface area contributed by atoms with Gasteiger partial charge in [-0.3, -0.25) is 0 Å². The predicted octanol–water partition coefficient (Wildman–Crippen LogP) is 1.20. The van der Waals surface area contributed by atoms with Crippen molar-refractivity contribution in [2.75, 3.05) is 6.61 Å². The van der Waals surface area contributed by atoms with E-state index in [9.17, 15) is 0 Å². The van der Waals surface area contributed by atoms with E-state index in [1.165, 1.54) is 6.26 Å². The van der Waals surface area contributed by atoms with E-state index in [0.717, 1.165) is 0 Å². The van der Waals surface area contributed by atoms with Crippen molar-refractivity contribution in [1.29, 1.82) is 0 Å². The highest BCUT2D eigenvalue weighted by molar-refractivity contribution is 4.65. The zero-order valence-corrected chi connectivity index (χ0v) is 4.51. The lowest BCUT2D eigenvalue weighted by Gasteiger charge is -1.86. The Morgan fingerprint density at radius 1 is 1.50 bits per heavy atom. The van der Waals surface area contributed by atoms with Gasteiger partial charge < -0.3 is 4.74 Å². The van der Waals surface area contributed by atoms with Crippen LogP contribution in [0.5, 0.6) is 0 Å². The molecule has 0 spiro atoms.